The van der Waals surface area contributed by atoms with Crippen molar-refractivity contribution in [2.45, 2.75) is 44.8 Å². The second-order valence-electron chi connectivity index (χ2n) is 9.32. The number of rotatable bonds is 10. The zero-order chi connectivity index (χ0) is 30.2. The number of aliphatic hydroxyl groups excluding tert-OH is 1. The molecule has 3 N–H and O–H groups in total. The van der Waals surface area contributed by atoms with Crippen molar-refractivity contribution in [3.8, 4) is 5.75 Å². The van der Waals surface area contributed by atoms with Crippen molar-refractivity contribution >= 4 is 36.6 Å². The SMILES string of the molecule is [2H]C([2H])(O[P@@](=O)(C[C@@H](C)C(=O)OCC)Oc1cccc2ccccc12)[C@H]1O[C@@H](n2ccc(=O)[nH]c2=S)C(C)(O)[C@H]1O. The molecule has 3 aromatic rings. The number of esters is 1. The van der Waals surface area contributed by atoms with Crippen molar-refractivity contribution in [2.75, 3.05) is 19.3 Å². The smallest absolute Gasteiger partial charge is 0.380 e. The Balaban J connectivity index is 1.70. The van der Waals surface area contributed by atoms with Crippen LogP contribution in [-0.4, -0.2) is 62.9 Å². The summed E-state index contributed by atoms with van der Waals surface area (Å²) in [6, 6.07) is 13.2. The van der Waals surface area contributed by atoms with Gasteiger partial charge in [0.15, 0.2) is 11.0 Å². The lowest BCUT2D eigenvalue weighted by Crippen LogP contribution is -2.44. The fraction of sp³-hybridized carbons (Fsp3) is 0.423. The molecular formula is C26H31N2O9PS. The summed E-state index contributed by atoms with van der Waals surface area (Å²) in [6.45, 7) is 1.29. The molecule has 0 aliphatic carbocycles. The number of hydrogen-bond acceptors (Lipinski definition) is 10. The number of benzene rings is 2. The summed E-state index contributed by atoms with van der Waals surface area (Å²) < 4.78 is 54.8. The van der Waals surface area contributed by atoms with Crippen molar-refractivity contribution in [3.63, 3.8) is 0 Å². The monoisotopic (exact) mass is 580 g/mol. The van der Waals surface area contributed by atoms with Crippen LogP contribution in [0.2, 0.25) is 0 Å². The first-order valence-electron chi connectivity index (χ1n) is 13.2. The topological polar surface area (TPSA) is 149 Å². The average Bonchev–Trinajstić information content (AvgIpc) is 3.13. The normalized spacial score (nSPS) is 26.3. The highest BCUT2D eigenvalue weighted by atomic mass is 32.1. The molecule has 2 heterocycles. The summed E-state index contributed by atoms with van der Waals surface area (Å²) in [7, 11) is -4.55. The first-order valence-corrected chi connectivity index (χ1v) is 14.3. The molecule has 0 radical (unpaired) electrons. The van der Waals surface area contributed by atoms with Gasteiger partial charge in [-0.3, -0.25) is 23.7 Å². The van der Waals surface area contributed by atoms with Crippen LogP contribution in [0.5, 0.6) is 5.75 Å². The molecule has 6 atom stereocenters. The van der Waals surface area contributed by atoms with E-state index in [1.54, 1.807) is 43.3 Å². The van der Waals surface area contributed by atoms with Crippen LogP contribution in [0.4, 0.5) is 0 Å². The van der Waals surface area contributed by atoms with E-state index in [1.165, 1.54) is 26.1 Å². The minimum Gasteiger partial charge on any atom is -0.466 e. The molecule has 0 spiro atoms. The van der Waals surface area contributed by atoms with E-state index in [4.69, 9.17) is 33.5 Å². The summed E-state index contributed by atoms with van der Waals surface area (Å²) in [6.07, 6.45) is -4.62. The number of hydrogen-bond donors (Lipinski definition) is 3. The second kappa shape index (κ2) is 11.7. The molecular weight excluding hydrogens is 547 g/mol. The van der Waals surface area contributed by atoms with Crippen LogP contribution >= 0.6 is 19.8 Å². The van der Waals surface area contributed by atoms with E-state index in [2.05, 4.69) is 4.98 Å². The lowest BCUT2D eigenvalue weighted by molar-refractivity contribution is -0.146. The van der Waals surface area contributed by atoms with Crippen LogP contribution in [0.25, 0.3) is 10.8 Å². The summed E-state index contributed by atoms with van der Waals surface area (Å²) >= 11 is 5.14. The van der Waals surface area contributed by atoms with E-state index in [0.717, 1.165) is 16.0 Å². The van der Waals surface area contributed by atoms with Gasteiger partial charge < -0.3 is 24.2 Å². The van der Waals surface area contributed by atoms with Crippen molar-refractivity contribution < 1.29 is 40.8 Å². The molecule has 39 heavy (non-hydrogen) atoms. The fourth-order valence-electron chi connectivity index (χ4n) is 4.20. The van der Waals surface area contributed by atoms with Gasteiger partial charge in [0.2, 0.25) is 0 Å². The first kappa shape index (κ1) is 26.4. The number of aromatic nitrogens is 2. The van der Waals surface area contributed by atoms with E-state index in [-0.39, 0.29) is 17.1 Å². The fourth-order valence-corrected chi connectivity index (χ4v) is 6.19. The number of aromatic amines is 1. The van der Waals surface area contributed by atoms with Gasteiger partial charge in [0, 0.05) is 17.6 Å². The van der Waals surface area contributed by atoms with E-state index >= 15 is 0 Å². The lowest BCUT2D eigenvalue weighted by Gasteiger charge is -2.28. The van der Waals surface area contributed by atoms with Crippen molar-refractivity contribution in [3.05, 3.63) is 69.9 Å². The number of carbonyl (C=O) groups excluding carboxylic acids is 1. The Kier molecular flexibility index (Phi) is 7.92. The molecule has 210 valence electrons. The molecule has 2 aromatic carbocycles. The molecule has 4 rings (SSSR count). The summed E-state index contributed by atoms with van der Waals surface area (Å²) in [5.74, 6) is -1.59. The average molecular weight is 581 g/mol. The van der Waals surface area contributed by atoms with Crippen LogP contribution in [0, 0.1) is 10.7 Å². The zero-order valence-electron chi connectivity index (χ0n) is 23.5. The maximum Gasteiger partial charge on any atom is 0.380 e. The second-order valence-corrected chi connectivity index (χ2v) is 11.7. The maximum absolute atomic E-state index is 14.3. The Hall–Kier alpha value is -2.86. The highest BCUT2D eigenvalue weighted by Gasteiger charge is 2.53. The Morgan fingerprint density at radius 3 is 2.74 bits per heavy atom. The van der Waals surface area contributed by atoms with E-state index in [1.807, 2.05) is 0 Å². The largest absolute Gasteiger partial charge is 0.466 e. The molecule has 0 amide bonds. The Bertz CT molecular complexity index is 1590. The number of H-pyrrole nitrogens is 1. The van der Waals surface area contributed by atoms with Crippen LogP contribution < -0.4 is 10.1 Å². The Morgan fingerprint density at radius 1 is 1.31 bits per heavy atom. The molecule has 1 aromatic heterocycles. The van der Waals surface area contributed by atoms with Gasteiger partial charge in [0.05, 0.1) is 28.0 Å². The van der Waals surface area contributed by atoms with Crippen molar-refractivity contribution in [1.82, 2.24) is 9.55 Å². The third-order valence-electron chi connectivity index (χ3n) is 6.25. The van der Waals surface area contributed by atoms with Crippen LogP contribution in [0.15, 0.2) is 59.5 Å². The predicted octanol–water partition coefficient (Wildman–Crippen LogP) is 3.56. The number of fused-ring (bicyclic) bond motifs is 1. The molecule has 0 saturated carbocycles. The third-order valence-corrected chi connectivity index (χ3v) is 8.41. The van der Waals surface area contributed by atoms with Crippen LogP contribution in [-0.2, 0) is 23.4 Å². The maximum atomic E-state index is 14.3. The van der Waals surface area contributed by atoms with Crippen LogP contribution in [0.1, 0.15) is 29.7 Å². The van der Waals surface area contributed by atoms with E-state index in [9.17, 15) is 24.4 Å². The van der Waals surface area contributed by atoms with Gasteiger partial charge >= 0.3 is 13.6 Å². The molecule has 0 bridgehead atoms. The minimum atomic E-state index is -4.55. The number of ether oxygens (including phenoxy) is 2. The molecule has 1 aliphatic heterocycles. The van der Waals surface area contributed by atoms with Crippen molar-refractivity contribution in [2.24, 2.45) is 5.92 Å². The van der Waals surface area contributed by atoms with Gasteiger partial charge in [-0.2, -0.15) is 0 Å². The van der Waals surface area contributed by atoms with Gasteiger partial charge in [-0.1, -0.05) is 43.3 Å². The highest BCUT2D eigenvalue weighted by molar-refractivity contribution is 7.71. The van der Waals surface area contributed by atoms with Gasteiger partial charge in [-0.25, -0.2) is 4.57 Å². The van der Waals surface area contributed by atoms with E-state index in [0.29, 0.717) is 5.39 Å². The van der Waals surface area contributed by atoms with Gasteiger partial charge in [0.1, 0.15) is 23.6 Å². The molecule has 1 aliphatic rings. The van der Waals surface area contributed by atoms with E-state index < -0.39 is 61.8 Å². The van der Waals surface area contributed by atoms with Crippen molar-refractivity contribution in [1.29, 1.82) is 0 Å². The van der Waals surface area contributed by atoms with Crippen LogP contribution in [0.3, 0.4) is 0 Å². The minimum absolute atomic E-state index is 0.0746. The predicted molar refractivity (Wildman–Crippen MR) is 145 cm³/mol. The number of nitrogens with zero attached hydrogens (tertiary/aromatic N) is 1. The zero-order valence-corrected chi connectivity index (χ0v) is 23.2. The molecule has 1 fully saturated rings. The van der Waals surface area contributed by atoms with Gasteiger partial charge in [-0.05, 0) is 37.5 Å². The molecule has 11 nitrogen and oxygen atoms in total. The summed E-state index contributed by atoms with van der Waals surface area (Å²) in [5, 5.41) is 23.4. The number of aliphatic hydroxyl groups is 2. The lowest BCUT2D eigenvalue weighted by atomic mass is 9.96. The molecule has 1 saturated heterocycles. The number of carbonyl (C=O) groups is 1. The highest BCUT2D eigenvalue weighted by Crippen LogP contribution is 2.52. The molecule has 1 unspecified atom stereocenters. The summed E-state index contributed by atoms with van der Waals surface area (Å²) in [5.41, 5.74) is -2.64. The molecule has 13 heteroatoms. The Morgan fingerprint density at radius 2 is 2.03 bits per heavy atom. The third kappa shape index (κ3) is 6.32. The Labute approximate surface area is 232 Å². The quantitative estimate of drug-likeness (QED) is 0.185. The standard InChI is InChI=1S/C26H31N2O9PS/c1-4-34-23(31)16(2)15-38(33,37-19-11-7-9-17-8-5-6-10-18(17)19)35-14-20-22(30)26(3,32)24(36-20)28-13-12-21(29)27-25(28)39/h5-13,16,20,22,24,30,32H,4,14-15H2,1-3H3,(H,27,29,39)/t16-,20-,22+,24-,26?,38+/m1/s1/i14D2. The summed E-state index contributed by atoms with van der Waals surface area (Å²) in [4.78, 5) is 26.4. The van der Waals surface area contributed by atoms with Gasteiger partial charge in [-0.15, -0.1) is 0 Å². The van der Waals surface area contributed by atoms with Gasteiger partial charge in [0.25, 0.3) is 5.56 Å². The number of nitrogens with one attached hydrogen (secondary N) is 1. The first-order chi connectivity index (χ1) is 19.2.